The van der Waals surface area contributed by atoms with E-state index in [0.29, 0.717) is 23.5 Å². The maximum Gasteiger partial charge on any atom is 0.166 e. The highest BCUT2D eigenvalue weighted by Crippen LogP contribution is 2.36. The van der Waals surface area contributed by atoms with E-state index in [1.54, 1.807) is 31.4 Å². The molecule has 0 aliphatic rings. The second-order valence-corrected chi connectivity index (χ2v) is 4.87. The Hall–Kier alpha value is -2.07. The fourth-order valence-electron chi connectivity index (χ4n) is 2.35. The van der Waals surface area contributed by atoms with E-state index in [4.69, 9.17) is 9.47 Å². The van der Waals surface area contributed by atoms with Gasteiger partial charge in [0.25, 0.3) is 0 Å². The Balaban J connectivity index is 2.32. The van der Waals surface area contributed by atoms with Gasteiger partial charge in [0.1, 0.15) is 5.82 Å². The number of ether oxygens (including phenoxy) is 2. The van der Waals surface area contributed by atoms with Crippen LogP contribution in [-0.4, -0.2) is 19.3 Å². The smallest absolute Gasteiger partial charge is 0.166 e. The molecule has 2 aromatic rings. The summed E-state index contributed by atoms with van der Waals surface area (Å²) >= 11 is 0. The van der Waals surface area contributed by atoms with Gasteiger partial charge in [-0.25, -0.2) is 4.39 Å². The average Bonchev–Trinajstić information content (AvgIpc) is 2.49. The zero-order chi connectivity index (χ0) is 15.4. The van der Waals surface area contributed by atoms with Gasteiger partial charge in [-0.1, -0.05) is 18.2 Å². The van der Waals surface area contributed by atoms with Crippen LogP contribution in [0.4, 0.5) is 4.39 Å². The van der Waals surface area contributed by atoms with Gasteiger partial charge in [-0.3, -0.25) is 0 Å². The number of benzene rings is 2. The molecule has 112 valence electrons. The number of hydrogen-bond acceptors (Lipinski definition) is 3. The van der Waals surface area contributed by atoms with Gasteiger partial charge in [-0.2, -0.15) is 0 Å². The third-order valence-corrected chi connectivity index (χ3v) is 3.52. The van der Waals surface area contributed by atoms with Crippen LogP contribution in [0.2, 0.25) is 0 Å². The number of rotatable bonds is 5. The number of aliphatic hydroxyl groups is 1. The second kappa shape index (κ2) is 6.59. The maximum atomic E-state index is 13.3. The molecule has 1 N–H and O–H groups in total. The zero-order valence-corrected chi connectivity index (χ0v) is 12.4. The SMILES string of the molecule is COc1cccc(C(O)Cc2cc(F)ccc2C)c1OC. The van der Waals surface area contributed by atoms with Crippen LogP contribution in [0, 0.1) is 12.7 Å². The lowest BCUT2D eigenvalue weighted by Gasteiger charge is -2.18. The third-order valence-electron chi connectivity index (χ3n) is 3.52. The zero-order valence-electron chi connectivity index (χ0n) is 12.4. The lowest BCUT2D eigenvalue weighted by atomic mass is 9.97. The number of aliphatic hydroxyl groups excluding tert-OH is 1. The van der Waals surface area contributed by atoms with Crippen LogP contribution in [0.15, 0.2) is 36.4 Å². The number of methoxy groups -OCH3 is 2. The molecule has 3 nitrogen and oxygen atoms in total. The van der Waals surface area contributed by atoms with E-state index in [1.807, 2.05) is 6.92 Å². The summed E-state index contributed by atoms with van der Waals surface area (Å²) < 4.78 is 23.9. The van der Waals surface area contributed by atoms with Crippen LogP contribution in [0.5, 0.6) is 11.5 Å². The summed E-state index contributed by atoms with van der Waals surface area (Å²) in [6.07, 6.45) is -0.483. The van der Waals surface area contributed by atoms with E-state index in [0.717, 1.165) is 11.1 Å². The van der Waals surface area contributed by atoms with Crippen molar-refractivity contribution in [3.05, 3.63) is 58.9 Å². The minimum absolute atomic E-state index is 0.305. The predicted molar refractivity (Wildman–Crippen MR) is 79.3 cm³/mol. The molecular formula is C17H19FO3. The molecule has 1 atom stereocenters. The molecule has 0 bridgehead atoms. The standard InChI is InChI=1S/C17H19FO3/c1-11-7-8-13(18)9-12(11)10-15(19)14-5-4-6-16(20-2)17(14)21-3/h4-9,15,19H,10H2,1-3H3. The summed E-state index contributed by atoms with van der Waals surface area (Å²) in [6.45, 7) is 1.89. The summed E-state index contributed by atoms with van der Waals surface area (Å²) in [6, 6.07) is 9.91. The Labute approximate surface area is 124 Å². The normalized spacial score (nSPS) is 12.0. The minimum Gasteiger partial charge on any atom is -0.493 e. The van der Waals surface area contributed by atoms with E-state index >= 15 is 0 Å². The molecule has 0 aliphatic heterocycles. The van der Waals surface area contributed by atoms with Crippen molar-refractivity contribution in [2.75, 3.05) is 14.2 Å². The lowest BCUT2D eigenvalue weighted by molar-refractivity contribution is 0.172. The van der Waals surface area contributed by atoms with Gasteiger partial charge in [0, 0.05) is 12.0 Å². The van der Waals surface area contributed by atoms with Crippen LogP contribution in [-0.2, 0) is 6.42 Å². The molecule has 0 aliphatic carbocycles. The molecule has 21 heavy (non-hydrogen) atoms. The highest BCUT2D eigenvalue weighted by molar-refractivity contribution is 5.48. The topological polar surface area (TPSA) is 38.7 Å². The van der Waals surface area contributed by atoms with Crippen molar-refractivity contribution >= 4 is 0 Å². The van der Waals surface area contributed by atoms with Crippen molar-refractivity contribution in [1.29, 1.82) is 0 Å². The first-order valence-electron chi connectivity index (χ1n) is 6.70. The third kappa shape index (κ3) is 3.34. The van der Waals surface area contributed by atoms with Crippen molar-refractivity contribution in [1.82, 2.24) is 0 Å². The molecule has 0 aromatic heterocycles. The monoisotopic (exact) mass is 290 g/mol. The van der Waals surface area contributed by atoms with E-state index in [-0.39, 0.29) is 5.82 Å². The lowest BCUT2D eigenvalue weighted by Crippen LogP contribution is -2.06. The van der Waals surface area contributed by atoms with E-state index in [1.165, 1.54) is 19.2 Å². The Bertz CT molecular complexity index is 625. The molecule has 2 rings (SSSR count). The minimum atomic E-state index is -0.796. The highest BCUT2D eigenvalue weighted by atomic mass is 19.1. The van der Waals surface area contributed by atoms with Crippen molar-refractivity contribution in [2.24, 2.45) is 0 Å². The molecule has 0 heterocycles. The van der Waals surface area contributed by atoms with Crippen LogP contribution in [0.3, 0.4) is 0 Å². The summed E-state index contributed by atoms with van der Waals surface area (Å²) in [5, 5.41) is 10.5. The molecular weight excluding hydrogens is 271 g/mol. The van der Waals surface area contributed by atoms with Crippen molar-refractivity contribution in [2.45, 2.75) is 19.4 Å². The van der Waals surface area contributed by atoms with Crippen LogP contribution in [0.1, 0.15) is 22.8 Å². The van der Waals surface area contributed by atoms with Crippen molar-refractivity contribution in [3.8, 4) is 11.5 Å². The van der Waals surface area contributed by atoms with Crippen molar-refractivity contribution < 1.29 is 19.0 Å². The van der Waals surface area contributed by atoms with E-state index in [9.17, 15) is 9.50 Å². The fraction of sp³-hybridized carbons (Fsp3) is 0.294. The molecule has 0 amide bonds. The predicted octanol–water partition coefficient (Wildman–Crippen LogP) is 3.43. The number of para-hydroxylation sites is 1. The first-order valence-corrected chi connectivity index (χ1v) is 6.70. The number of hydrogen-bond donors (Lipinski definition) is 1. The van der Waals surface area contributed by atoms with Gasteiger partial charge in [-0.15, -0.1) is 0 Å². The summed E-state index contributed by atoms with van der Waals surface area (Å²) in [5.41, 5.74) is 2.34. The van der Waals surface area contributed by atoms with Crippen molar-refractivity contribution in [3.63, 3.8) is 0 Å². The summed E-state index contributed by atoms with van der Waals surface area (Å²) in [5.74, 6) is 0.756. The molecule has 4 heteroatoms. The Morgan fingerprint density at radius 1 is 1.14 bits per heavy atom. The summed E-state index contributed by atoms with van der Waals surface area (Å²) in [4.78, 5) is 0. The molecule has 0 spiro atoms. The van der Waals surface area contributed by atoms with Gasteiger partial charge < -0.3 is 14.6 Å². The molecule has 0 radical (unpaired) electrons. The first kappa shape index (κ1) is 15.3. The molecule has 2 aromatic carbocycles. The van der Waals surface area contributed by atoms with Gasteiger partial charge in [0.05, 0.1) is 20.3 Å². The second-order valence-electron chi connectivity index (χ2n) is 4.87. The van der Waals surface area contributed by atoms with E-state index < -0.39 is 6.10 Å². The fourth-order valence-corrected chi connectivity index (χ4v) is 2.35. The average molecular weight is 290 g/mol. The van der Waals surface area contributed by atoms with Gasteiger partial charge in [-0.05, 0) is 36.2 Å². The van der Waals surface area contributed by atoms with Crippen LogP contribution >= 0.6 is 0 Å². The molecule has 0 saturated carbocycles. The Morgan fingerprint density at radius 2 is 1.90 bits per heavy atom. The first-order chi connectivity index (χ1) is 10.1. The number of halogens is 1. The quantitative estimate of drug-likeness (QED) is 0.917. The largest absolute Gasteiger partial charge is 0.493 e. The van der Waals surface area contributed by atoms with Crippen LogP contribution < -0.4 is 9.47 Å². The molecule has 1 unspecified atom stereocenters. The van der Waals surface area contributed by atoms with Crippen LogP contribution in [0.25, 0.3) is 0 Å². The maximum absolute atomic E-state index is 13.3. The van der Waals surface area contributed by atoms with Gasteiger partial charge in [0.2, 0.25) is 0 Å². The highest BCUT2D eigenvalue weighted by Gasteiger charge is 2.18. The molecule has 0 fully saturated rings. The Morgan fingerprint density at radius 3 is 2.57 bits per heavy atom. The molecule has 0 saturated heterocycles. The van der Waals surface area contributed by atoms with Gasteiger partial charge in [0.15, 0.2) is 11.5 Å². The summed E-state index contributed by atoms with van der Waals surface area (Å²) in [7, 11) is 3.08. The van der Waals surface area contributed by atoms with E-state index in [2.05, 4.69) is 0 Å². The van der Waals surface area contributed by atoms with Gasteiger partial charge >= 0.3 is 0 Å². The number of aryl methyl sites for hydroxylation is 1. The Kier molecular flexibility index (Phi) is 4.81.